The summed E-state index contributed by atoms with van der Waals surface area (Å²) in [5.74, 6) is 0.135. The predicted octanol–water partition coefficient (Wildman–Crippen LogP) is 3.37. The van der Waals surface area contributed by atoms with Gasteiger partial charge in [-0.25, -0.2) is 4.79 Å². The highest BCUT2D eigenvalue weighted by molar-refractivity contribution is 6.33. The first-order chi connectivity index (χ1) is 10.9. The summed E-state index contributed by atoms with van der Waals surface area (Å²) >= 11 is 6.16. The molecule has 0 aromatic heterocycles. The molecule has 1 aromatic rings. The Bertz CT molecular complexity index is 569. The molecule has 1 heterocycles. The van der Waals surface area contributed by atoms with Gasteiger partial charge in [-0.15, -0.1) is 0 Å². The van der Waals surface area contributed by atoms with Crippen LogP contribution in [0.25, 0.3) is 0 Å². The third-order valence-electron chi connectivity index (χ3n) is 4.04. The molecule has 0 aliphatic carbocycles. The van der Waals surface area contributed by atoms with Gasteiger partial charge in [0.25, 0.3) is 0 Å². The Labute approximate surface area is 142 Å². The van der Waals surface area contributed by atoms with E-state index in [-0.39, 0.29) is 17.9 Å². The number of benzene rings is 1. The van der Waals surface area contributed by atoms with Crippen molar-refractivity contribution in [2.75, 3.05) is 31.5 Å². The molecule has 126 valence electrons. The summed E-state index contributed by atoms with van der Waals surface area (Å²) in [5, 5.41) is 3.43. The molecule has 1 aliphatic rings. The molecule has 2 rings (SSSR count). The molecule has 0 bridgehead atoms. The normalized spacial score (nSPS) is 15.5. The van der Waals surface area contributed by atoms with E-state index in [1.165, 1.54) is 0 Å². The molecular weight excluding hydrogens is 314 g/mol. The summed E-state index contributed by atoms with van der Waals surface area (Å²) in [7, 11) is 0. The van der Waals surface area contributed by atoms with Gasteiger partial charge >= 0.3 is 6.03 Å². The van der Waals surface area contributed by atoms with Gasteiger partial charge in [-0.3, -0.25) is 4.79 Å². The average molecular weight is 338 g/mol. The molecule has 6 heteroatoms. The number of hydrogen-bond donors (Lipinski definition) is 1. The van der Waals surface area contributed by atoms with Crippen molar-refractivity contribution in [3.8, 4) is 0 Å². The largest absolute Gasteiger partial charge is 0.341 e. The molecule has 5 nitrogen and oxygen atoms in total. The fourth-order valence-electron chi connectivity index (χ4n) is 2.68. The molecule has 0 spiro atoms. The number of urea groups is 1. The van der Waals surface area contributed by atoms with E-state index in [1.807, 2.05) is 37.8 Å². The average Bonchev–Trinajstić information content (AvgIpc) is 2.76. The van der Waals surface area contributed by atoms with Crippen molar-refractivity contribution in [1.82, 2.24) is 9.80 Å². The number of amides is 3. The number of rotatable bonds is 2. The second-order valence-electron chi connectivity index (χ2n) is 6.18. The summed E-state index contributed by atoms with van der Waals surface area (Å²) in [4.78, 5) is 28.2. The second-order valence-corrected chi connectivity index (χ2v) is 6.59. The lowest BCUT2D eigenvalue weighted by Gasteiger charge is -2.24. The lowest BCUT2D eigenvalue weighted by Crippen LogP contribution is -2.40. The number of carbonyl (C=O) groups is 2. The SMILES string of the molecule is Cc1cccc(Cl)c1NC(=O)N1CCCN(C(=O)C(C)C)CC1. The Balaban J connectivity index is 2.00. The van der Waals surface area contributed by atoms with Crippen molar-refractivity contribution in [3.63, 3.8) is 0 Å². The zero-order valence-electron chi connectivity index (χ0n) is 13.9. The molecule has 0 radical (unpaired) electrons. The van der Waals surface area contributed by atoms with E-state index in [1.54, 1.807) is 11.0 Å². The van der Waals surface area contributed by atoms with Gasteiger partial charge in [0, 0.05) is 32.1 Å². The first-order valence-corrected chi connectivity index (χ1v) is 8.37. The molecule has 0 saturated carbocycles. The van der Waals surface area contributed by atoms with Gasteiger partial charge < -0.3 is 15.1 Å². The zero-order valence-corrected chi connectivity index (χ0v) is 14.7. The Kier molecular flexibility index (Phi) is 5.88. The van der Waals surface area contributed by atoms with Crippen molar-refractivity contribution >= 4 is 29.2 Å². The number of hydrogen-bond acceptors (Lipinski definition) is 2. The quantitative estimate of drug-likeness (QED) is 0.899. The van der Waals surface area contributed by atoms with Crippen LogP contribution in [0.15, 0.2) is 18.2 Å². The molecule has 23 heavy (non-hydrogen) atoms. The number of aryl methyl sites for hydroxylation is 1. The Morgan fingerprint density at radius 3 is 2.43 bits per heavy atom. The molecule has 0 atom stereocenters. The Hall–Kier alpha value is -1.75. The minimum absolute atomic E-state index is 0.0128. The zero-order chi connectivity index (χ0) is 17.0. The number of nitrogens with one attached hydrogen (secondary N) is 1. The summed E-state index contributed by atoms with van der Waals surface area (Å²) < 4.78 is 0. The fourth-order valence-corrected chi connectivity index (χ4v) is 2.95. The number of carbonyl (C=O) groups excluding carboxylic acids is 2. The van der Waals surface area contributed by atoms with Gasteiger partial charge in [-0.2, -0.15) is 0 Å². The maximum atomic E-state index is 12.5. The third kappa shape index (κ3) is 4.38. The number of para-hydroxylation sites is 1. The second kappa shape index (κ2) is 7.68. The maximum absolute atomic E-state index is 12.5. The third-order valence-corrected chi connectivity index (χ3v) is 4.36. The van der Waals surface area contributed by atoms with Crippen LogP contribution in [0.5, 0.6) is 0 Å². The topological polar surface area (TPSA) is 52.7 Å². The van der Waals surface area contributed by atoms with Gasteiger partial charge in [0.2, 0.25) is 5.91 Å². The maximum Gasteiger partial charge on any atom is 0.321 e. The standard InChI is InChI=1S/C17H24ClN3O2/c1-12(2)16(22)20-8-5-9-21(11-10-20)17(23)19-15-13(3)6-4-7-14(15)18/h4,6-7,12H,5,8-11H2,1-3H3,(H,19,23). The lowest BCUT2D eigenvalue weighted by molar-refractivity contribution is -0.134. The van der Waals surface area contributed by atoms with Crippen LogP contribution in [0.3, 0.4) is 0 Å². The van der Waals surface area contributed by atoms with Crippen LogP contribution in [0.2, 0.25) is 5.02 Å². The summed E-state index contributed by atoms with van der Waals surface area (Å²) in [6.07, 6.45) is 0.785. The summed E-state index contributed by atoms with van der Waals surface area (Å²) in [6.45, 7) is 8.16. The molecule has 1 saturated heterocycles. The van der Waals surface area contributed by atoms with Crippen molar-refractivity contribution in [3.05, 3.63) is 28.8 Å². The van der Waals surface area contributed by atoms with Gasteiger partial charge in [0.05, 0.1) is 10.7 Å². The first kappa shape index (κ1) is 17.6. The van der Waals surface area contributed by atoms with Crippen LogP contribution in [-0.2, 0) is 4.79 Å². The van der Waals surface area contributed by atoms with E-state index < -0.39 is 0 Å². The number of nitrogens with zero attached hydrogens (tertiary/aromatic N) is 2. The molecule has 1 fully saturated rings. The highest BCUT2D eigenvalue weighted by Crippen LogP contribution is 2.25. The highest BCUT2D eigenvalue weighted by Gasteiger charge is 2.23. The molecule has 1 N–H and O–H groups in total. The van der Waals surface area contributed by atoms with Gasteiger partial charge in [-0.05, 0) is 25.0 Å². The smallest absolute Gasteiger partial charge is 0.321 e. The fraction of sp³-hybridized carbons (Fsp3) is 0.529. The number of halogens is 1. The molecule has 1 aliphatic heterocycles. The minimum atomic E-state index is -0.167. The number of anilines is 1. The van der Waals surface area contributed by atoms with Gasteiger partial charge in [-0.1, -0.05) is 37.6 Å². The summed E-state index contributed by atoms with van der Waals surface area (Å²) in [6, 6.07) is 5.36. The monoisotopic (exact) mass is 337 g/mol. The molecule has 1 aromatic carbocycles. The Morgan fingerprint density at radius 2 is 1.78 bits per heavy atom. The highest BCUT2D eigenvalue weighted by atomic mass is 35.5. The van der Waals surface area contributed by atoms with Gasteiger partial charge in [0.1, 0.15) is 0 Å². The molecule has 3 amide bonds. The minimum Gasteiger partial charge on any atom is -0.341 e. The van der Waals surface area contributed by atoms with E-state index in [0.717, 1.165) is 12.0 Å². The van der Waals surface area contributed by atoms with E-state index in [2.05, 4.69) is 5.32 Å². The molecular formula is C17H24ClN3O2. The molecule has 0 unspecified atom stereocenters. The predicted molar refractivity (Wildman–Crippen MR) is 92.8 cm³/mol. The van der Waals surface area contributed by atoms with Crippen LogP contribution in [0.4, 0.5) is 10.5 Å². The van der Waals surface area contributed by atoms with Crippen LogP contribution < -0.4 is 5.32 Å². The van der Waals surface area contributed by atoms with Crippen LogP contribution in [-0.4, -0.2) is 47.9 Å². The van der Waals surface area contributed by atoms with E-state index in [0.29, 0.717) is 36.9 Å². The summed E-state index contributed by atoms with van der Waals surface area (Å²) in [5.41, 5.74) is 1.58. The van der Waals surface area contributed by atoms with Crippen LogP contribution in [0, 0.1) is 12.8 Å². The van der Waals surface area contributed by atoms with E-state index in [9.17, 15) is 9.59 Å². The Morgan fingerprint density at radius 1 is 1.13 bits per heavy atom. The van der Waals surface area contributed by atoms with Crippen molar-refractivity contribution in [2.24, 2.45) is 5.92 Å². The first-order valence-electron chi connectivity index (χ1n) is 8.00. The van der Waals surface area contributed by atoms with Crippen molar-refractivity contribution in [2.45, 2.75) is 27.2 Å². The van der Waals surface area contributed by atoms with Gasteiger partial charge in [0.15, 0.2) is 0 Å². The van der Waals surface area contributed by atoms with Crippen LogP contribution in [0.1, 0.15) is 25.8 Å². The van der Waals surface area contributed by atoms with Crippen LogP contribution >= 0.6 is 11.6 Å². The van der Waals surface area contributed by atoms with Crippen molar-refractivity contribution < 1.29 is 9.59 Å². The van der Waals surface area contributed by atoms with E-state index in [4.69, 9.17) is 11.6 Å². The van der Waals surface area contributed by atoms with Crippen molar-refractivity contribution in [1.29, 1.82) is 0 Å². The lowest BCUT2D eigenvalue weighted by atomic mass is 10.2. The van der Waals surface area contributed by atoms with E-state index >= 15 is 0 Å².